The van der Waals surface area contributed by atoms with Crippen LogP contribution >= 0.6 is 0 Å². The van der Waals surface area contributed by atoms with Gasteiger partial charge in [0.15, 0.2) is 0 Å². The van der Waals surface area contributed by atoms with Gasteiger partial charge in [-0.2, -0.15) is 0 Å². The minimum Gasteiger partial charge on any atom is -0.398 e. The van der Waals surface area contributed by atoms with Gasteiger partial charge in [0.2, 0.25) is 0 Å². The molecule has 0 amide bonds. The Morgan fingerprint density at radius 3 is 2.47 bits per heavy atom. The van der Waals surface area contributed by atoms with Crippen LogP contribution < -0.4 is 5.73 Å². The number of nitrogen functional groups attached to an aromatic ring is 1. The maximum atomic E-state index is 6.22. The number of fused-ring (bicyclic) bond motifs is 1. The molecule has 2 heteroatoms. The molecule has 1 unspecified atom stereocenters. The van der Waals surface area contributed by atoms with Crippen LogP contribution in [0.1, 0.15) is 58.2 Å². The summed E-state index contributed by atoms with van der Waals surface area (Å²) in [5.41, 5.74) is 10.5. The van der Waals surface area contributed by atoms with Crippen LogP contribution in [0, 0.1) is 0 Å². The van der Waals surface area contributed by atoms with Crippen molar-refractivity contribution in [3.8, 4) is 0 Å². The number of hydrogen-bond donors (Lipinski definition) is 1. The predicted molar refractivity (Wildman–Crippen MR) is 83.6 cm³/mol. The van der Waals surface area contributed by atoms with Gasteiger partial charge in [-0.3, -0.25) is 4.98 Å². The number of nitrogens with zero attached hydrogens (tertiary/aromatic N) is 1. The van der Waals surface area contributed by atoms with Crippen molar-refractivity contribution in [2.45, 2.75) is 52.4 Å². The van der Waals surface area contributed by atoms with Crippen LogP contribution in [0.15, 0.2) is 24.3 Å². The number of pyridine rings is 1. The summed E-state index contributed by atoms with van der Waals surface area (Å²) in [5.74, 6) is 0.561. The highest BCUT2D eigenvalue weighted by atomic mass is 14.7. The van der Waals surface area contributed by atoms with Crippen molar-refractivity contribution in [1.82, 2.24) is 4.98 Å². The Morgan fingerprint density at radius 1 is 1.21 bits per heavy atom. The largest absolute Gasteiger partial charge is 0.398 e. The topological polar surface area (TPSA) is 38.9 Å². The van der Waals surface area contributed by atoms with Crippen LogP contribution in [0.3, 0.4) is 0 Å². The Hall–Kier alpha value is -1.57. The summed E-state index contributed by atoms with van der Waals surface area (Å²) in [6, 6.07) is 8.48. The Morgan fingerprint density at radius 2 is 1.89 bits per heavy atom. The van der Waals surface area contributed by atoms with Crippen LogP contribution in [-0.4, -0.2) is 4.98 Å². The average molecular weight is 256 g/mol. The van der Waals surface area contributed by atoms with Crippen molar-refractivity contribution in [1.29, 1.82) is 0 Å². The van der Waals surface area contributed by atoms with E-state index in [0.29, 0.717) is 5.92 Å². The van der Waals surface area contributed by atoms with Crippen molar-refractivity contribution < 1.29 is 0 Å². The maximum absolute atomic E-state index is 6.22. The van der Waals surface area contributed by atoms with Gasteiger partial charge in [-0.1, -0.05) is 40.7 Å². The van der Waals surface area contributed by atoms with Crippen LogP contribution in [0.25, 0.3) is 10.9 Å². The van der Waals surface area contributed by atoms with Crippen molar-refractivity contribution in [2.24, 2.45) is 0 Å². The fourth-order valence-electron chi connectivity index (χ4n) is 2.20. The SMILES string of the molecule is CCC(C)c1ccc2nc(C(C)(C)C)cc(N)c2c1. The first-order valence-corrected chi connectivity index (χ1v) is 7.03. The van der Waals surface area contributed by atoms with E-state index in [9.17, 15) is 0 Å². The summed E-state index contributed by atoms with van der Waals surface area (Å²) in [7, 11) is 0. The molecule has 0 spiro atoms. The van der Waals surface area contributed by atoms with Gasteiger partial charge in [0, 0.05) is 22.2 Å². The third-order valence-corrected chi connectivity index (χ3v) is 3.81. The third-order valence-electron chi connectivity index (χ3n) is 3.81. The van der Waals surface area contributed by atoms with Crippen molar-refractivity contribution in [3.05, 3.63) is 35.5 Å². The van der Waals surface area contributed by atoms with Gasteiger partial charge in [0.05, 0.1) is 5.52 Å². The zero-order chi connectivity index (χ0) is 14.2. The summed E-state index contributed by atoms with van der Waals surface area (Å²) < 4.78 is 0. The fourth-order valence-corrected chi connectivity index (χ4v) is 2.20. The number of anilines is 1. The van der Waals surface area contributed by atoms with Gasteiger partial charge in [-0.05, 0) is 36.1 Å². The molecule has 2 N–H and O–H groups in total. The third kappa shape index (κ3) is 2.73. The quantitative estimate of drug-likeness (QED) is 0.851. The van der Waals surface area contributed by atoms with E-state index in [-0.39, 0.29) is 5.41 Å². The number of hydrogen-bond acceptors (Lipinski definition) is 2. The summed E-state index contributed by atoms with van der Waals surface area (Å²) in [4.78, 5) is 4.75. The first kappa shape index (κ1) is 13.9. The molecule has 2 rings (SSSR count). The van der Waals surface area contributed by atoms with Crippen molar-refractivity contribution >= 4 is 16.6 Å². The lowest BCUT2D eigenvalue weighted by molar-refractivity contribution is 0.572. The van der Waals surface area contributed by atoms with Crippen molar-refractivity contribution in [2.75, 3.05) is 5.73 Å². The first-order valence-electron chi connectivity index (χ1n) is 7.03. The molecule has 0 saturated carbocycles. The van der Waals surface area contributed by atoms with Crippen LogP contribution in [-0.2, 0) is 5.41 Å². The van der Waals surface area contributed by atoms with Gasteiger partial charge in [-0.15, -0.1) is 0 Å². The van der Waals surface area contributed by atoms with Gasteiger partial charge in [0.1, 0.15) is 0 Å². The van der Waals surface area contributed by atoms with E-state index < -0.39 is 0 Å². The van der Waals surface area contributed by atoms with E-state index in [1.807, 2.05) is 6.07 Å². The Kier molecular flexibility index (Phi) is 3.53. The van der Waals surface area contributed by atoms with Gasteiger partial charge >= 0.3 is 0 Å². The van der Waals surface area contributed by atoms with E-state index >= 15 is 0 Å². The van der Waals surface area contributed by atoms with Crippen LogP contribution in [0.2, 0.25) is 0 Å². The molecule has 1 aromatic heterocycles. The minimum absolute atomic E-state index is 0.0255. The van der Waals surface area contributed by atoms with E-state index in [1.54, 1.807) is 0 Å². The van der Waals surface area contributed by atoms with E-state index in [2.05, 4.69) is 52.8 Å². The minimum atomic E-state index is 0.0255. The number of benzene rings is 1. The zero-order valence-electron chi connectivity index (χ0n) is 12.6. The number of rotatable bonds is 2. The molecule has 1 heterocycles. The second-order valence-electron chi connectivity index (χ2n) is 6.43. The summed E-state index contributed by atoms with van der Waals surface area (Å²) in [5, 5.41) is 1.07. The Balaban J connectivity index is 2.60. The summed E-state index contributed by atoms with van der Waals surface area (Å²) >= 11 is 0. The Labute approximate surface area is 116 Å². The van der Waals surface area contributed by atoms with Gasteiger partial charge in [-0.25, -0.2) is 0 Å². The lowest BCUT2D eigenvalue weighted by Crippen LogP contribution is -2.14. The lowest BCUT2D eigenvalue weighted by Gasteiger charge is -2.19. The van der Waals surface area contributed by atoms with Crippen LogP contribution in [0.5, 0.6) is 0 Å². The number of nitrogens with two attached hydrogens (primary N) is 1. The highest BCUT2D eigenvalue weighted by Gasteiger charge is 2.17. The molecule has 0 bridgehead atoms. The first-order chi connectivity index (χ1) is 8.82. The highest BCUT2D eigenvalue weighted by molar-refractivity contribution is 5.91. The molecule has 0 aliphatic heterocycles. The molecule has 0 fully saturated rings. The molecular formula is C17H24N2. The summed E-state index contributed by atoms with van der Waals surface area (Å²) in [6.07, 6.45) is 1.14. The standard InChI is InChI=1S/C17H24N2/c1-6-11(2)12-7-8-15-13(9-12)14(18)10-16(19-15)17(3,4)5/h7-11H,6H2,1-5H3,(H2,18,19). The zero-order valence-corrected chi connectivity index (χ0v) is 12.6. The van der Waals surface area contributed by atoms with E-state index in [4.69, 9.17) is 10.7 Å². The summed E-state index contributed by atoms with van der Waals surface area (Å²) in [6.45, 7) is 10.9. The molecule has 2 aromatic rings. The molecule has 0 radical (unpaired) electrons. The lowest BCUT2D eigenvalue weighted by atomic mass is 9.90. The molecule has 1 atom stereocenters. The second kappa shape index (κ2) is 4.84. The monoisotopic (exact) mass is 256 g/mol. The average Bonchev–Trinajstić information content (AvgIpc) is 2.36. The predicted octanol–water partition coefficient (Wildman–Crippen LogP) is 4.63. The molecule has 2 nitrogen and oxygen atoms in total. The van der Waals surface area contributed by atoms with E-state index in [1.165, 1.54) is 5.56 Å². The van der Waals surface area contributed by atoms with Gasteiger partial charge < -0.3 is 5.73 Å². The molecule has 0 aliphatic carbocycles. The number of aromatic nitrogens is 1. The molecule has 0 aliphatic rings. The maximum Gasteiger partial charge on any atom is 0.0726 e. The van der Waals surface area contributed by atoms with Crippen LogP contribution in [0.4, 0.5) is 5.69 Å². The molecular weight excluding hydrogens is 232 g/mol. The second-order valence-corrected chi connectivity index (χ2v) is 6.43. The normalized spacial score (nSPS) is 13.7. The fraction of sp³-hybridized carbons (Fsp3) is 0.471. The molecule has 102 valence electrons. The molecule has 0 saturated heterocycles. The van der Waals surface area contributed by atoms with E-state index in [0.717, 1.165) is 28.7 Å². The smallest absolute Gasteiger partial charge is 0.0726 e. The van der Waals surface area contributed by atoms with Crippen molar-refractivity contribution in [3.63, 3.8) is 0 Å². The molecule has 1 aromatic carbocycles. The molecule has 19 heavy (non-hydrogen) atoms. The van der Waals surface area contributed by atoms with Gasteiger partial charge in [0.25, 0.3) is 0 Å². The highest BCUT2D eigenvalue weighted by Crippen LogP contribution is 2.30. The Bertz CT molecular complexity index is 594.